The number of aromatic nitrogens is 2. The highest BCUT2D eigenvalue weighted by Crippen LogP contribution is 2.31. The maximum Gasteiger partial charge on any atom is 0.270 e. The third kappa shape index (κ3) is 2.90. The first-order valence-electron chi connectivity index (χ1n) is 6.36. The van der Waals surface area contributed by atoms with Gasteiger partial charge in [0.15, 0.2) is 11.0 Å². The van der Waals surface area contributed by atoms with E-state index in [9.17, 15) is 15.4 Å². The van der Waals surface area contributed by atoms with Gasteiger partial charge in [-0.25, -0.2) is 9.97 Å². The van der Waals surface area contributed by atoms with Gasteiger partial charge in [0.1, 0.15) is 11.6 Å². The largest absolute Gasteiger partial charge is 0.270 e. The van der Waals surface area contributed by atoms with Crippen molar-refractivity contribution >= 4 is 28.6 Å². The predicted octanol–water partition coefficient (Wildman–Crippen LogP) is 4.31. The van der Waals surface area contributed by atoms with Gasteiger partial charge in [-0.3, -0.25) is 10.1 Å². The van der Waals surface area contributed by atoms with Crippen LogP contribution >= 0.6 is 22.9 Å². The second kappa shape index (κ2) is 6.12. The number of nitro groups is 1. The van der Waals surface area contributed by atoms with E-state index in [1.54, 1.807) is 6.07 Å². The molecule has 0 aliphatic heterocycles. The van der Waals surface area contributed by atoms with Gasteiger partial charge in [0.05, 0.1) is 15.5 Å². The van der Waals surface area contributed by atoms with E-state index in [0.717, 1.165) is 4.88 Å². The van der Waals surface area contributed by atoms with Gasteiger partial charge >= 0.3 is 0 Å². The van der Waals surface area contributed by atoms with Crippen molar-refractivity contribution in [3.05, 3.63) is 62.6 Å². The summed E-state index contributed by atoms with van der Waals surface area (Å²) in [5.41, 5.74) is 0.726. The van der Waals surface area contributed by atoms with Crippen molar-refractivity contribution in [2.24, 2.45) is 0 Å². The Morgan fingerprint density at radius 3 is 2.74 bits per heavy atom. The number of halogens is 1. The highest BCUT2D eigenvalue weighted by atomic mass is 35.5. The van der Waals surface area contributed by atoms with Gasteiger partial charge in [-0.1, -0.05) is 29.8 Å². The number of benzene rings is 1. The number of nitrogens with zero attached hydrogens (tertiary/aromatic N) is 4. The Labute approximate surface area is 139 Å². The third-order valence-electron chi connectivity index (χ3n) is 3.05. The van der Waals surface area contributed by atoms with Crippen molar-refractivity contribution in [2.45, 2.75) is 0 Å². The van der Waals surface area contributed by atoms with Gasteiger partial charge in [0.25, 0.3) is 5.69 Å². The Morgan fingerprint density at radius 2 is 2.09 bits per heavy atom. The van der Waals surface area contributed by atoms with Gasteiger partial charge in [0.2, 0.25) is 0 Å². The van der Waals surface area contributed by atoms with E-state index in [-0.39, 0.29) is 22.1 Å². The quantitative estimate of drug-likeness (QED) is 0.402. The molecule has 0 aliphatic rings. The first-order chi connectivity index (χ1) is 11.1. The smallest absolute Gasteiger partial charge is 0.258 e. The minimum absolute atomic E-state index is 0.0207. The van der Waals surface area contributed by atoms with Crippen molar-refractivity contribution in [1.29, 1.82) is 5.26 Å². The summed E-state index contributed by atoms with van der Waals surface area (Å²) in [4.78, 5) is 19.8. The summed E-state index contributed by atoms with van der Waals surface area (Å²) in [7, 11) is 0. The normalized spacial score (nSPS) is 10.3. The Kier molecular flexibility index (Phi) is 4.02. The summed E-state index contributed by atoms with van der Waals surface area (Å²) in [6, 6.07) is 11.6. The second-order valence-electron chi connectivity index (χ2n) is 4.46. The predicted molar refractivity (Wildman–Crippen MR) is 87.2 cm³/mol. The molecule has 23 heavy (non-hydrogen) atoms. The van der Waals surface area contributed by atoms with E-state index in [0.29, 0.717) is 11.4 Å². The monoisotopic (exact) mass is 342 g/mol. The molecule has 2 heterocycles. The lowest BCUT2D eigenvalue weighted by Gasteiger charge is -2.07. The van der Waals surface area contributed by atoms with Crippen LogP contribution in [0.2, 0.25) is 5.15 Å². The molecule has 112 valence electrons. The average molecular weight is 343 g/mol. The summed E-state index contributed by atoms with van der Waals surface area (Å²) in [5.74, 6) is 0.380. The fraction of sp³-hybridized carbons (Fsp3) is 0. The van der Waals surface area contributed by atoms with Crippen molar-refractivity contribution < 1.29 is 4.92 Å². The van der Waals surface area contributed by atoms with Crippen molar-refractivity contribution in [2.75, 3.05) is 0 Å². The number of thiophene rings is 1. The van der Waals surface area contributed by atoms with Crippen LogP contribution in [0.15, 0.2) is 41.8 Å². The highest BCUT2D eigenvalue weighted by molar-refractivity contribution is 7.13. The number of nitro benzene ring substituents is 1. The molecule has 0 spiro atoms. The molecule has 0 radical (unpaired) electrons. The number of hydrogen-bond acceptors (Lipinski definition) is 6. The average Bonchev–Trinajstić information content (AvgIpc) is 3.08. The van der Waals surface area contributed by atoms with Crippen LogP contribution in [-0.2, 0) is 0 Å². The molecule has 3 rings (SSSR count). The summed E-state index contributed by atoms with van der Waals surface area (Å²) in [6.45, 7) is 0. The van der Waals surface area contributed by atoms with Gasteiger partial charge < -0.3 is 0 Å². The van der Waals surface area contributed by atoms with E-state index < -0.39 is 4.92 Å². The second-order valence-corrected chi connectivity index (χ2v) is 5.76. The molecule has 0 aliphatic carbocycles. The van der Waals surface area contributed by atoms with Gasteiger partial charge in [-0.15, -0.1) is 11.3 Å². The highest BCUT2D eigenvalue weighted by Gasteiger charge is 2.18. The number of non-ortho nitro benzene ring substituents is 1. The molecule has 2 aromatic heterocycles. The summed E-state index contributed by atoms with van der Waals surface area (Å²) < 4.78 is 0. The molecule has 0 N–H and O–H groups in total. The third-order valence-corrected chi connectivity index (χ3v) is 4.19. The van der Waals surface area contributed by atoms with E-state index in [1.807, 2.05) is 23.6 Å². The molecule has 0 saturated heterocycles. The molecule has 1 aromatic carbocycles. The molecular formula is C15H7ClN4O2S. The number of nitriles is 1. The van der Waals surface area contributed by atoms with E-state index in [1.165, 1.54) is 29.5 Å². The number of rotatable bonds is 3. The molecule has 0 bridgehead atoms. The molecule has 6 nitrogen and oxygen atoms in total. The lowest BCUT2D eigenvalue weighted by molar-refractivity contribution is -0.384. The molecular weight excluding hydrogens is 336 g/mol. The molecule has 8 heteroatoms. The maximum absolute atomic E-state index is 10.9. The Balaban J connectivity index is 2.23. The Bertz CT molecular complexity index is 935. The van der Waals surface area contributed by atoms with Crippen molar-refractivity contribution in [3.8, 4) is 28.0 Å². The minimum atomic E-state index is -0.501. The molecule has 0 fully saturated rings. The van der Waals surface area contributed by atoms with Crippen LogP contribution in [0.5, 0.6) is 0 Å². The Hall–Kier alpha value is -2.82. The lowest BCUT2D eigenvalue weighted by atomic mass is 10.1. The van der Waals surface area contributed by atoms with Crippen LogP contribution in [0.4, 0.5) is 5.69 Å². The van der Waals surface area contributed by atoms with Crippen LogP contribution < -0.4 is 0 Å². The van der Waals surface area contributed by atoms with Gasteiger partial charge in [0, 0.05) is 17.7 Å². The number of hydrogen-bond donors (Lipinski definition) is 0. The standard InChI is InChI=1S/C15H7ClN4O2S/c16-14-11(8-17)13(9-3-1-4-10(7-9)20(21)22)18-15(19-14)12-5-2-6-23-12/h1-7H. The van der Waals surface area contributed by atoms with E-state index in [2.05, 4.69) is 9.97 Å². The fourth-order valence-electron chi connectivity index (χ4n) is 2.02. The zero-order valence-corrected chi connectivity index (χ0v) is 13.0. The summed E-state index contributed by atoms with van der Waals surface area (Å²) >= 11 is 7.54. The molecule has 0 atom stereocenters. The first kappa shape index (κ1) is 15.1. The molecule has 3 aromatic rings. The first-order valence-corrected chi connectivity index (χ1v) is 7.62. The van der Waals surface area contributed by atoms with Crippen molar-refractivity contribution in [3.63, 3.8) is 0 Å². The SMILES string of the molecule is N#Cc1c(Cl)nc(-c2cccs2)nc1-c1cccc([N+](=O)[O-])c1. The fourth-order valence-corrected chi connectivity index (χ4v) is 2.89. The van der Waals surface area contributed by atoms with E-state index in [4.69, 9.17) is 11.6 Å². The maximum atomic E-state index is 10.9. The van der Waals surface area contributed by atoms with Crippen LogP contribution in [0.25, 0.3) is 22.0 Å². The zero-order valence-electron chi connectivity index (χ0n) is 11.4. The summed E-state index contributed by atoms with van der Waals surface area (Å²) in [5, 5.41) is 22.2. The minimum Gasteiger partial charge on any atom is -0.258 e. The molecule has 0 amide bonds. The zero-order chi connectivity index (χ0) is 16.4. The topological polar surface area (TPSA) is 92.7 Å². The molecule has 0 unspecified atom stereocenters. The van der Waals surface area contributed by atoms with Crippen LogP contribution in [0.1, 0.15) is 5.56 Å². The molecule has 0 saturated carbocycles. The van der Waals surface area contributed by atoms with Crippen LogP contribution in [0.3, 0.4) is 0 Å². The van der Waals surface area contributed by atoms with Crippen LogP contribution in [0, 0.1) is 21.4 Å². The summed E-state index contributed by atoms with van der Waals surface area (Å²) in [6.07, 6.45) is 0. The lowest BCUT2D eigenvalue weighted by Crippen LogP contribution is -1.98. The van der Waals surface area contributed by atoms with Gasteiger partial charge in [-0.2, -0.15) is 5.26 Å². The Morgan fingerprint density at radius 1 is 1.26 bits per heavy atom. The van der Waals surface area contributed by atoms with Crippen molar-refractivity contribution in [1.82, 2.24) is 9.97 Å². The van der Waals surface area contributed by atoms with Crippen LogP contribution in [-0.4, -0.2) is 14.9 Å². The van der Waals surface area contributed by atoms with E-state index >= 15 is 0 Å². The van der Waals surface area contributed by atoms with Gasteiger partial charge in [-0.05, 0) is 11.4 Å².